The quantitative estimate of drug-likeness (QED) is 0.737. The van der Waals surface area contributed by atoms with Crippen molar-refractivity contribution in [2.45, 2.75) is 6.42 Å². The lowest BCUT2D eigenvalue weighted by molar-refractivity contribution is 0.281. The first kappa shape index (κ1) is 9.26. The Kier molecular flexibility index (Phi) is 3.80. The zero-order chi connectivity index (χ0) is 8.81. The highest BCUT2D eigenvalue weighted by Crippen LogP contribution is 2.15. The van der Waals surface area contributed by atoms with Crippen molar-refractivity contribution in [2.24, 2.45) is 0 Å². The molecule has 12 heavy (non-hydrogen) atoms. The predicted molar refractivity (Wildman–Crippen MR) is 49.5 cm³/mol. The number of halogens is 1. The van der Waals surface area contributed by atoms with E-state index < -0.39 is 0 Å². The minimum absolute atomic E-state index is 0.381. The average molecular weight is 228 g/mol. The highest BCUT2D eigenvalue weighted by Gasteiger charge is 1.97. The normalized spacial score (nSPS) is 9.42. The van der Waals surface area contributed by atoms with E-state index in [2.05, 4.69) is 20.7 Å². The van der Waals surface area contributed by atoms with E-state index in [-0.39, 0.29) is 0 Å². The van der Waals surface area contributed by atoms with E-state index in [1.165, 1.54) is 6.47 Å². The highest BCUT2D eigenvalue weighted by atomic mass is 79.9. The molecule has 0 heterocycles. The molecule has 0 saturated carbocycles. The van der Waals surface area contributed by atoms with Crippen LogP contribution >= 0.6 is 15.9 Å². The monoisotopic (exact) mass is 227 g/mol. The van der Waals surface area contributed by atoms with Crippen molar-refractivity contribution in [1.29, 1.82) is 0 Å². The summed E-state index contributed by atoms with van der Waals surface area (Å²) in [5.41, 5.74) is 1.13. The molecule has 0 N–H and O–H groups in total. The maximum atomic E-state index is 9.72. The van der Waals surface area contributed by atoms with Gasteiger partial charge in [-0.2, -0.15) is 0 Å². The maximum Gasteiger partial charge on any atom is 0.417 e. The van der Waals surface area contributed by atoms with Crippen LogP contribution in [0.4, 0.5) is 0 Å². The summed E-state index contributed by atoms with van der Waals surface area (Å²) in [5.74, 6) is 0. The van der Waals surface area contributed by atoms with Gasteiger partial charge in [0.15, 0.2) is 0 Å². The minimum atomic E-state index is 0.381. The summed E-state index contributed by atoms with van der Waals surface area (Å²) in [4.78, 5) is 9.72. The maximum absolute atomic E-state index is 9.72. The Morgan fingerprint density at radius 1 is 1.42 bits per heavy atom. The van der Waals surface area contributed by atoms with Crippen LogP contribution in [0.2, 0.25) is 0 Å². The van der Waals surface area contributed by atoms with Crippen LogP contribution in [0.5, 0.6) is 0 Å². The van der Waals surface area contributed by atoms with Crippen molar-refractivity contribution in [3.8, 4) is 0 Å². The number of rotatable bonds is 4. The van der Waals surface area contributed by atoms with Crippen molar-refractivity contribution >= 4 is 22.4 Å². The van der Waals surface area contributed by atoms with Crippen molar-refractivity contribution in [3.63, 3.8) is 0 Å². The molecule has 63 valence electrons. The number of benzene rings is 1. The molecule has 0 atom stereocenters. The molecule has 0 bridgehead atoms. The molecule has 1 rings (SSSR count). The van der Waals surface area contributed by atoms with Gasteiger partial charge in [0.1, 0.15) is 0 Å². The fourth-order valence-corrected chi connectivity index (χ4v) is 1.39. The third kappa shape index (κ3) is 2.66. The first-order valence-electron chi connectivity index (χ1n) is 3.57. The van der Waals surface area contributed by atoms with Gasteiger partial charge in [-0.3, -0.25) is 0 Å². The van der Waals surface area contributed by atoms with Crippen LogP contribution in [0.1, 0.15) is 5.56 Å². The molecule has 1 aromatic carbocycles. The van der Waals surface area contributed by atoms with Crippen molar-refractivity contribution in [2.75, 3.05) is 6.61 Å². The van der Waals surface area contributed by atoms with Crippen molar-refractivity contribution in [3.05, 3.63) is 34.3 Å². The molecule has 3 heteroatoms. The van der Waals surface area contributed by atoms with Gasteiger partial charge in [0, 0.05) is 10.9 Å². The van der Waals surface area contributed by atoms with Crippen LogP contribution in [-0.4, -0.2) is 13.1 Å². The predicted octanol–water partition coefficient (Wildman–Crippen LogP) is 2.08. The summed E-state index contributed by atoms with van der Waals surface area (Å²) in [7, 11) is 0. The molecule has 2 nitrogen and oxygen atoms in total. The van der Waals surface area contributed by atoms with Gasteiger partial charge < -0.3 is 4.74 Å². The van der Waals surface area contributed by atoms with Crippen LogP contribution in [0.25, 0.3) is 0 Å². The minimum Gasteiger partial charge on any atom is -0.457 e. The second kappa shape index (κ2) is 4.93. The first-order valence-corrected chi connectivity index (χ1v) is 4.36. The van der Waals surface area contributed by atoms with E-state index in [0.29, 0.717) is 6.61 Å². The summed E-state index contributed by atoms with van der Waals surface area (Å²) >= 11 is 3.39. The molecule has 0 amide bonds. The fraction of sp³-hybridized carbons (Fsp3) is 0.222. The highest BCUT2D eigenvalue weighted by molar-refractivity contribution is 9.10. The lowest BCUT2D eigenvalue weighted by atomic mass is 10.2. The largest absolute Gasteiger partial charge is 0.457 e. The molecular formula is C9H8BrO2. The van der Waals surface area contributed by atoms with E-state index in [0.717, 1.165) is 16.5 Å². The molecule has 0 aliphatic heterocycles. The zero-order valence-electron chi connectivity index (χ0n) is 6.42. The Balaban J connectivity index is 2.51. The third-order valence-electron chi connectivity index (χ3n) is 1.49. The number of hydrogen-bond donors (Lipinski definition) is 0. The fourth-order valence-electron chi connectivity index (χ4n) is 0.904. The Labute approximate surface area is 79.7 Å². The molecule has 1 radical (unpaired) electrons. The van der Waals surface area contributed by atoms with E-state index in [1.54, 1.807) is 0 Å². The van der Waals surface area contributed by atoms with Crippen molar-refractivity contribution in [1.82, 2.24) is 0 Å². The lowest BCUT2D eigenvalue weighted by Crippen LogP contribution is -1.96. The van der Waals surface area contributed by atoms with Gasteiger partial charge in [-0.05, 0) is 11.6 Å². The summed E-state index contributed by atoms with van der Waals surface area (Å²) < 4.78 is 5.51. The molecule has 0 saturated heterocycles. The molecule has 0 unspecified atom stereocenters. The Hall–Kier alpha value is -0.830. The Morgan fingerprint density at radius 3 is 2.83 bits per heavy atom. The summed E-state index contributed by atoms with van der Waals surface area (Å²) in [6, 6.07) is 7.84. The molecule has 0 aromatic heterocycles. The van der Waals surface area contributed by atoms with Gasteiger partial charge in [0.25, 0.3) is 0 Å². The van der Waals surface area contributed by atoms with Gasteiger partial charge in [-0.1, -0.05) is 34.1 Å². The van der Waals surface area contributed by atoms with Gasteiger partial charge in [0.2, 0.25) is 0 Å². The van der Waals surface area contributed by atoms with Gasteiger partial charge in [0.05, 0.1) is 6.61 Å². The first-order chi connectivity index (χ1) is 5.84. The van der Waals surface area contributed by atoms with Crippen LogP contribution in [-0.2, 0) is 16.0 Å². The molecule has 1 aromatic rings. The van der Waals surface area contributed by atoms with Crippen LogP contribution < -0.4 is 0 Å². The standard InChI is InChI=1S/C9H8BrO2/c10-9-4-2-1-3-8(9)5-6-12-7-11/h1-4H,5-6H2. The second-order valence-corrected chi connectivity index (χ2v) is 3.13. The van der Waals surface area contributed by atoms with Crippen LogP contribution in [0, 0.1) is 0 Å². The summed E-state index contributed by atoms with van der Waals surface area (Å²) in [5, 5.41) is 0. The molecule has 0 aliphatic rings. The van der Waals surface area contributed by atoms with E-state index in [9.17, 15) is 4.79 Å². The van der Waals surface area contributed by atoms with Crippen LogP contribution in [0.15, 0.2) is 28.7 Å². The van der Waals surface area contributed by atoms with Gasteiger partial charge in [-0.15, -0.1) is 0 Å². The number of carbonyl (C=O) groups excluding carboxylic acids is 1. The third-order valence-corrected chi connectivity index (χ3v) is 2.26. The Bertz CT molecular complexity index is 260. The van der Waals surface area contributed by atoms with E-state index in [4.69, 9.17) is 0 Å². The second-order valence-electron chi connectivity index (χ2n) is 2.27. The van der Waals surface area contributed by atoms with E-state index in [1.807, 2.05) is 24.3 Å². The number of hydrogen-bond acceptors (Lipinski definition) is 2. The lowest BCUT2D eigenvalue weighted by Gasteiger charge is -2.01. The summed E-state index contributed by atoms with van der Waals surface area (Å²) in [6.07, 6.45) is 0.719. The topological polar surface area (TPSA) is 26.3 Å². The van der Waals surface area contributed by atoms with Crippen molar-refractivity contribution < 1.29 is 9.53 Å². The Morgan fingerprint density at radius 2 is 2.17 bits per heavy atom. The summed E-state index contributed by atoms with van der Waals surface area (Å²) in [6.45, 7) is 1.77. The van der Waals surface area contributed by atoms with Gasteiger partial charge in [-0.25, -0.2) is 4.79 Å². The zero-order valence-corrected chi connectivity index (χ0v) is 8.00. The molecular weight excluding hydrogens is 220 g/mol. The SMILES string of the molecule is O=[C]OCCc1ccccc1Br. The average Bonchev–Trinajstić information content (AvgIpc) is 2.09. The molecule has 0 spiro atoms. The molecule has 0 aliphatic carbocycles. The number of ether oxygens (including phenoxy) is 1. The van der Waals surface area contributed by atoms with Crippen LogP contribution in [0.3, 0.4) is 0 Å². The van der Waals surface area contributed by atoms with Gasteiger partial charge >= 0.3 is 6.47 Å². The smallest absolute Gasteiger partial charge is 0.417 e. The molecule has 0 fully saturated rings. The van der Waals surface area contributed by atoms with E-state index >= 15 is 0 Å².